The van der Waals surface area contributed by atoms with Gasteiger partial charge in [-0.1, -0.05) is 52.3 Å². The molecule has 0 N–H and O–H groups in total. The molecule has 2 nitrogen and oxygen atoms in total. The summed E-state index contributed by atoms with van der Waals surface area (Å²) in [6.07, 6.45) is 0. The van der Waals surface area contributed by atoms with Crippen LogP contribution in [-0.4, -0.2) is 17.9 Å². The summed E-state index contributed by atoms with van der Waals surface area (Å²) in [5.41, 5.74) is 2.85. The van der Waals surface area contributed by atoms with E-state index in [0.29, 0.717) is 0 Å². The number of rotatable bonds is 3. The highest BCUT2D eigenvalue weighted by Gasteiger charge is 2.20. The molecular formula is C17H18BrNO. The second-order valence-corrected chi connectivity index (χ2v) is 5.77. The highest BCUT2D eigenvalue weighted by atomic mass is 79.9. The maximum atomic E-state index is 12.6. The highest BCUT2D eigenvalue weighted by molar-refractivity contribution is 9.10. The molecule has 0 bridgehead atoms. The summed E-state index contributed by atoms with van der Waals surface area (Å²) in [6.45, 7) is 4.00. The number of halogens is 1. The van der Waals surface area contributed by atoms with Crippen LogP contribution in [0.1, 0.15) is 34.5 Å². The molecule has 0 heterocycles. The average molecular weight is 332 g/mol. The van der Waals surface area contributed by atoms with Gasteiger partial charge in [0, 0.05) is 17.1 Å². The van der Waals surface area contributed by atoms with E-state index in [4.69, 9.17) is 0 Å². The van der Waals surface area contributed by atoms with E-state index in [-0.39, 0.29) is 11.9 Å². The summed E-state index contributed by atoms with van der Waals surface area (Å²) in [4.78, 5) is 14.4. The number of nitrogens with zero attached hydrogens (tertiary/aromatic N) is 1. The van der Waals surface area contributed by atoms with E-state index in [1.54, 1.807) is 4.90 Å². The average Bonchev–Trinajstić information content (AvgIpc) is 2.48. The topological polar surface area (TPSA) is 20.3 Å². The van der Waals surface area contributed by atoms with Crippen molar-refractivity contribution in [3.63, 3.8) is 0 Å². The number of hydrogen-bond donors (Lipinski definition) is 0. The lowest BCUT2D eigenvalue weighted by Gasteiger charge is -2.26. The third kappa shape index (κ3) is 2.93. The standard InChI is InChI=1S/C17H18BrNO/c1-12-15(10-7-11-16(12)18)17(20)19(3)13(2)14-8-5-4-6-9-14/h4-11,13H,1-3H3. The van der Waals surface area contributed by atoms with Crippen LogP contribution in [0, 0.1) is 6.92 Å². The molecule has 1 amide bonds. The molecule has 0 aromatic heterocycles. The van der Waals surface area contributed by atoms with Crippen LogP contribution in [0.25, 0.3) is 0 Å². The number of carbonyl (C=O) groups is 1. The van der Waals surface area contributed by atoms with E-state index in [9.17, 15) is 4.79 Å². The summed E-state index contributed by atoms with van der Waals surface area (Å²) < 4.78 is 0.962. The Labute approximate surface area is 128 Å². The van der Waals surface area contributed by atoms with Gasteiger partial charge < -0.3 is 4.90 Å². The van der Waals surface area contributed by atoms with E-state index in [2.05, 4.69) is 15.9 Å². The van der Waals surface area contributed by atoms with Gasteiger partial charge in [0.25, 0.3) is 5.91 Å². The molecule has 20 heavy (non-hydrogen) atoms. The van der Waals surface area contributed by atoms with Gasteiger partial charge in [0.15, 0.2) is 0 Å². The number of hydrogen-bond acceptors (Lipinski definition) is 1. The molecule has 2 aromatic carbocycles. The molecule has 1 unspecified atom stereocenters. The van der Waals surface area contributed by atoms with Crippen LogP contribution in [0.4, 0.5) is 0 Å². The molecule has 0 aliphatic heterocycles. The molecule has 2 aromatic rings. The van der Waals surface area contributed by atoms with Gasteiger partial charge in [-0.05, 0) is 37.1 Å². The van der Waals surface area contributed by atoms with E-state index < -0.39 is 0 Å². The van der Waals surface area contributed by atoms with Gasteiger partial charge in [-0.15, -0.1) is 0 Å². The Hall–Kier alpha value is -1.61. The highest BCUT2D eigenvalue weighted by Crippen LogP contribution is 2.24. The normalized spacial score (nSPS) is 12.0. The van der Waals surface area contributed by atoms with Gasteiger partial charge in [0.1, 0.15) is 0 Å². The molecule has 0 fully saturated rings. The molecule has 0 aliphatic carbocycles. The van der Waals surface area contributed by atoms with E-state index in [1.165, 1.54) is 0 Å². The minimum atomic E-state index is 0.0418. The van der Waals surface area contributed by atoms with Gasteiger partial charge in [0.05, 0.1) is 6.04 Å². The van der Waals surface area contributed by atoms with Crippen LogP contribution >= 0.6 is 15.9 Å². The third-order valence-corrected chi connectivity index (χ3v) is 4.54. The van der Waals surface area contributed by atoms with Crippen molar-refractivity contribution in [2.45, 2.75) is 19.9 Å². The minimum absolute atomic E-state index is 0.0418. The predicted octanol–water partition coefficient (Wildman–Crippen LogP) is 4.59. The second-order valence-electron chi connectivity index (χ2n) is 4.92. The molecule has 1 atom stereocenters. The zero-order valence-electron chi connectivity index (χ0n) is 11.9. The largest absolute Gasteiger partial charge is 0.335 e. The van der Waals surface area contributed by atoms with Crippen molar-refractivity contribution in [3.05, 3.63) is 69.7 Å². The third-order valence-electron chi connectivity index (χ3n) is 3.68. The summed E-state index contributed by atoms with van der Waals surface area (Å²) in [5, 5.41) is 0. The number of amides is 1. The summed E-state index contributed by atoms with van der Waals surface area (Å²) in [7, 11) is 1.85. The Balaban J connectivity index is 2.27. The van der Waals surface area contributed by atoms with E-state index >= 15 is 0 Å². The van der Waals surface area contributed by atoms with Crippen LogP contribution in [0.2, 0.25) is 0 Å². The van der Waals surface area contributed by atoms with Crippen molar-refractivity contribution >= 4 is 21.8 Å². The number of benzene rings is 2. The van der Waals surface area contributed by atoms with Crippen molar-refractivity contribution < 1.29 is 4.79 Å². The van der Waals surface area contributed by atoms with Gasteiger partial charge >= 0.3 is 0 Å². The van der Waals surface area contributed by atoms with Crippen molar-refractivity contribution in [2.24, 2.45) is 0 Å². The molecule has 0 aliphatic rings. The monoisotopic (exact) mass is 331 g/mol. The van der Waals surface area contributed by atoms with Crippen molar-refractivity contribution in [1.82, 2.24) is 4.90 Å². The van der Waals surface area contributed by atoms with E-state index in [1.807, 2.05) is 69.4 Å². The van der Waals surface area contributed by atoms with E-state index in [0.717, 1.165) is 21.2 Å². The quantitative estimate of drug-likeness (QED) is 0.805. The van der Waals surface area contributed by atoms with Gasteiger partial charge in [-0.3, -0.25) is 4.79 Å². The molecule has 0 spiro atoms. The smallest absolute Gasteiger partial charge is 0.254 e. The van der Waals surface area contributed by atoms with Crippen molar-refractivity contribution in [2.75, 3.05) is 7.05 Å². The molecule has 2 rings (SSSR count). The van der Waals surface area contributed by atoms with Crippen molar-refractivity contribution in [3.8, 4) is 0 Å². The Morgan fingerprint density at radius 1 is 1.10 bits per heavy atom. The lowest BCUT2D eigenvalue weighted by Crippen LogP contribution is -2.30. The molecular weight excluding hydrogens is 314 g/mol. The molecule has 104 valence electrons. The molecule has 0 saturated carbocycles. The first-order valence-electron chi connectivity index (χ1n) is 6.59. The Kier molecular flexibility index (Phi) is 4.61. The fourth-order valence-electron chi connectivity index (χ4n) is 2.16. The first-order valence-corrected chi connectivity index (χ1v) is 7.39. The van der Waals surface area contributed by atoms with Crippen LogP contribution in [0.3, 0.4) is 0 Å². The maximum Gasteiger partial charge on any atom is 0.254 e. The minimum Gasteiger partial charge on any atom is -0.335 e. The zero-order chi connectivity index (χ0) is 14.7. The lowest BCUT2D eigenvalue weighted by molar-refractivity contribution is 0.0742. The maximum absolute atomic E-state index is 12.6. The number of carbonyl (C=O) groups excluding carboxylic acids is 1. The van der Waals surface area contributed by atoms with Crippen molar-refractivity contribution in [1.29, 1.82) is 0 Å². The summed E-state index contributed by atoms with van der Waals surface area (Å²) in [6, 6.07) is 15.8. The Bertz CT molecular complexity index is 610. The van der Waals surface area contributed by atoms with Gasteiger partial charge in [-0.2, -0.15) is 0 Å². The zero-order valence-corrected chi connectivity index (χ0v) is 13.5. The predicted molar refractivity (Wildman–Crippen MR) is 85.8 cm³/mol. The summed E-state index contributed by atoms with van der Waals surface area (Å²) >= 11 is 3.47. The first kappa shape index (κ1) is 14.8. The molecule has 0 radical (unpaired) electrons. The van der Waals surface area contributed by atoms with Crippen LogP contribution in [-0.2, 0) is 0 Å². The summed E-state index contributed by atoms with van der Waals surface area (Å²) in [5.74, 6) is 0.0418. The fourth-order valence-corrected chi connectivity index (χ4v) is 2.53. The lowest BCUT2D eigenvalue weighted by atomic mass is 10.0. The SMILES string of the molecule is Cc1c(Br)cccc1C(=O)N(C)C(C)c1ccccc1. The fraction of sp³-hybridized carbons (Fsp3) is 0.235. The van der Waals surface area contributed by atoms with Crippen LogP contribution < -0.4 is 0 Å². The molecule has 0 saturated heterocycles. The van der Waals surface area contributed by atoms with Gasteiger partial charge in [-0.25, -0.2) is 0 Å². The van der Waals surface area contributed by atoms with Crippen LogP contribution in [0.15, 0.2) is 53.0 Å². The Morgan fingerprint density at radius 2 is 1.75 bits per heavy atom. The first-order chi connectivity index (χ1) is 9.52. The second kappa shape index (κ2) is 6.23. The Morgan fingerprint density at radius 3 is 2.40 bits per heavy atom. The van der Waals surface area contributed by atoms with Gasteiger partial charge in [0.2, 0.25) is 0 Å². The van der Waals surface area contributed by atoms with Crippen LogP contribution in [0.5, 0.6) is 0 Å². The molecule has 3 heteroatoms.